The third-order valence-electron chi connectivity index (χ3n) is 4.57. The second-order valence-corrected chi connectivity index (χ2v) is 5.96. The van der Waals surface area contributed by atoms with Gasteiger partial charge in [0.05, 0.1) is 6.10 Å². The number of amides is 1. The SMILES string of the molecule is O=C(CCCCc1ccccc1)N[C@H]1C[C@@H]2OCC[C@H]12. The minimum absolute atomic E-state index is 0.216. The summed E-state index contributed by atoms with van der Waals surface area (Å²) in [5.41, 5.74) is 1.36. The first-order valence-electron chi connectivity index (χ1n) is 7.78. The molecule has 0 bridgehead atoms. The van der Waals surface area contributed by atoms with Crippen molar-refractivity contribution in [3.05, 3.63) is 35.9 Å². The fourth-order valence-electron chi connectivity index (χ4n) is 3.30. The molecule has 1 heterocycles. The molecule has 2 fully saturated rings. The molecule has 0 aromatic heterocycles. The lowest BCUT2D eigenvalue weighted by Gasteiger charge is -2.39. The van der Waals surface area contributed by atoms with Crippen molar-refractivity contribution >= 4 is 5.91 Å². The first kappa shape index (κ1) is 13.6. The quantitative estimate of drug-likeness (QED) is 0.809. The van der Waals surface area contributed by atoms with Crippen molar-refractivity contribution in [1.82, 2.24) is 5.32 Å². The zero-order valence-electron chi connectivity index (χ0n) is 11.9. The van der Waals surface area contributed by atoms with Crippen molar-refractivity contribution in [2.75, 3.05) is 6.61 Å². The number of hydrogen-bond acceptors (Lipinski definition) is 2. The molecule has 1 saturated carbocycles. The van der Waals surface area contributed by atoms with Crippen LogP contribution in [0.15, 0.2) is 30.3 Å². The number of carbonyl (C=O) groups is 1. The molecule has 3 nitrogen and oxygen atoms in total. The number of benzene rings is 1. The predicted molar refractivity (Wildman–Crippen MR) is 78.4 cm³/mol. The van der Waals surface area contributed by atoms with Crippen molar-refractivity contribution in [3.63, 3.8) is 0 Å². The molecule has 1 N–H and O–H groups in total. The minimum atomic E-state index is 0.216. The molecule has 1 aliphatic carbocycles. The first-order valence-corrected chi connectivity index (χ1v) is 7.78. The van der Waals surface area contributed by atoms with Crippen molar-refractivity contribution in [1.29, 1.82) is 0 Å². The van der Waals surface area contributed by atoms with Gasteiger partial charge in [0.15, 0.2) is 0 Å². The molecule has 108 valence electrons. The van der Waals surface area contributed by atoms with E-state index >= 15 is 0 Å². The number of rotatable bonds is 6. The van der Waals surface area contributed by atoms with Crippen LogP contribution in [0.1, 0.15) is 37.7 Å². The smallest absolute Gasteiger partial charge is 0.220 e. The summed E-state index contributed by atoms with van der Waals surface area (Å²) in [6.45, 7) is 0.874. The average Bonchev–Trinajstić information content (AvgIpc) is 2.83. The van der Waals surface area contributed by atoms with Crippen LogP contribution < -0.4 is 5.32 Å². The first-order chi connectivity index (χ1) is 9.83. The summed E-state index contributed by atoms with van der Waals surface area (Å²) in [6, 6.07) is 10.8. The maximum absolute atomic E-state index is 11.9. The molecule has 1 amide bonds. The molecule has 0 spiro atoms. The van der Waals surface area contributed by atoms with E-state index < -0.39 is 0 Å². The lowest BCUT2D eigenvalue weighted by atomic mass is 9.76. The Labute approximate surface area is 120 Å². The summed E-state index contributed by atoms with van der Waals surface area (Å²) < 4.78 is 5.56. The highest BCUT2D eigenvalue weighted by atomic mass is 16.5. The number of aryl methyl sites for hydroxylation is 1. The Balaban J connectivity index is 1.30. The second kappa shape index (κ2) is 6.40. The Morgan fingerprint density at radius 1 is 1.25 bits per heavy atom. The molecule has 1 aliphatic heterocycles. The summed E-state index contributed by atoms with van der Waals surface area (Å²) in [4.78, 5) is 11.9. The third kappa shape index (κ3) is 3.21. The Kier molecular flexibility index (Phi) is 4.36. The molecule has 3 atom stereocenters. The Morgan fingerprint density at radius 2 is 2.10 bits per heavy atom. The van der Waals surface area contributed by atoms with Crippen molar-refractivity contribution in [3.8, 4) is 0 Å². The van der Waals surface area contributed by atoms with Gasteiger partial charge >= 0.3 is 0 Å². The van der Waals surface area contributed by atoms with Crippen LogP contribution in [0.25, 0.3) is 0 Å². The van der Waals surface area contributed by atoms with Gasteiger partial charge in [-0.25, -0.2) is 0 Å². The zero-order chi connectivity index (χ0) is 13.8. The van der Waals surface area contributed by atoms with E-state index in [4.69, 9.17) is 4.74 Å². The maximum atomic E-state index is 11.9. The molecule has 1 aromatic rings. The molecule has 0 unspecified atom stereocenters. The van der Waals surface area contributed by atoms with Crippen LogP contribution >= 0.6 is 0 Å². The largest absolute Gasteiger partial charge is 0.378 e. The van der Waals surface area contributed by atoms with Gasteiger partial charge in [-0.1, -0.05) is 30.3 Å². The molecule has 3 rings (SSSR count). The number of carbonyl (C=O) groups excluding carboxylic acids is 1. The molecule has 0 radical (unpaired) electrons. The van der Waals surface area contributed by atoms with E-state index in [2.05, 4.69) is 29.6 Å². The number of nitrogens with one attached hydrogen (secondary N) is 1. The average molecular weight is 273 g/mol. The van der Waals surface area contributed by atoms with Gasteiger partial charge in [-0.2, -0.15) is 0 Å². The zero-order valence-corrected chi connectivity index (χ0v) is 11.9. The molecular weight excluding hydrogens is 250 g/mol. The van der Waals surface area contributed by atoms with Crippen molar-refractivity contribution < 1.29 is 9.53 Å². The number of unbranched alkanes of at least 4 members (excludes halogenated alkanes) is 1. The summed E-state index contributed by atoms with van der Waals surface area (Å²) in [5.74, 6) is 0.802. The van der Waals surface area contributed by atoms with Crippen LogP contribution in [-0.2, 0) is 16.0 Å². The lowest BCUT2D eigenvalue weighted by Crippen LogP contribution is -2.53. The molecule has 3 heteroatoms. The third-order valence-corrected chi connectivity index (χ3v) is 4.57. The number of hydrogen-bond donors (Lipinski definition) is 1. The lowest BCUT2D eigenvalue weighted by molar-refractivity contribution is -0.124. The van der Waals surface area contributed by atoms with Crippen LogP contribution in [0.3, 0.4) is 0 Å². The number of fused-ring (bicyclic) bond motifs is 1. The highest BCUT2D eigenvalue weighted by Gasteiger charge is 2.45. The second-order valence-electron chi connectivity index (χ2n) is 5.96. The topological polar surface area (TPSA) is 38.3 Å². The molecular formula is C17H23NO2. The van der Waals surface area contributed by atoms with Gasteiger partial charge in [-0.05, 0) is 37.7 Å². The van der Waals surface area contributed by atoms with Gasteiger partial charge in [0, 0.05) is 25.0 Å². The van der Waals surface area contributed by atoms with Gasteiger partial charge in [-0.3, -0.25) is 4.79 Å². The van der Waals surface area contributed by atoms with E-state index in [0.717, 1.165) is 38.7 Å². The standard InChI is InChI=1S/C17H23NO2/c19-17(18-15-12-16-14(15)10-11-20-16)9-5-4-8-13-6-2-1-3-7-13/h1-3,6-7,14-16H,4-5,8-12H2,(H,18,19)/t14-,15+,16+/m1/s1. The summed E-state index contributed by atoms with van der Waals surface area (Å²) in [7, 11) is 0. The van der Waals surface area contributed by atoms with E-state index in [1.165, 1.54) is 5.56 Å². The van der Waals surface area contributed by atoms with E-state index in [-0.39, 0.29) is 5.91 Å². The Morgan fingerprint density at radius 3 is 2.90 bits per heavy atom. The van der Waals surface area contributed by atoms with E-state index in [9.17, 15) is 4.79 Å². The van der Waals surface area contributed by atoms with Crippen molar-refractivity contribution in [2.45, 2.75) is 50.7 Å². The van der Waals surface area contributed by atoms with Crippen LogP contribution in [0.2, 0.25) is 0 Å². The molecule has 20 heavy (non-hydrogen) atoms. The van der Waals surface area contributed by atoms with Crippen molar-refractivity contribution in [2.24, 2.45) is 5.92 Å². The van der Waals surface area contributed by atoms with Gasteiger partial charge in [0.2, 0.25) is 5.91 Å². The van der Waals surface area contributed by atoms with E-state index in [1.807, 2.05) is 6.07 Å². The van der Waals surface area contributed by atoms with Gasteiger partial charge < -0.3 is 10.1 Å². The van der Waals surface area contributed by atoms with Crippen LogP contribution in [-0.4, -0.2) is 24.7 Å². The Hall–Kier alpha value is -1.35. The fraction of sp³-hybridized carbons (Fsp3) is 0.588. The normalized spacial score (nSPS) is 27.7. The maximum Gasteiger partial charge on any atom is 0.220 e. The summed E-state index contributed by atoms with van der Waals surface area (Å²) in [5, 5.41) is 3.17. The van der Waals surface area contributed by atoms with Crippen LogP contribution in [0, 0.1) is 5.92 Å². The molecule has 1 aromatic carbocycles. The van der Waals surface area contributed by atoms with Gasteiger partial charge in [0.1, 0.15) is 0 Å². The van der Waals surface area contributed by atoms with Crippen LogP contribution in [0.4, 0.5) is 0 Å². The van der Waals surface area contributed by atoms with Gasteiger partial charge in [0.25, 0.3) is 0 Å². The van der Waals surface area contributed by atoms with E-state index in [1.54, 1.807) is 0 Å². The Bertz CT molecular complexity index is 446. The minimum Gasteiger partial charge on any atom is -0.378 e. The predicted octanol–water partition coefficient (Wildman–Crippen LogP) is 2.69. The fourth-order valence-corrected chi connectivity index (χ4v) is 3.30. The monoisotopic (exact) mass is 273 g/mol. The number of ether oxygens (including phenoxy) is 1. The highest BCUT2D eigenvalue weighted by Crippen LogP contribution is 2.38. The molecule has 1 saturated heterocycles. The molecule has 2 aliphatic rings. The van der Waals surface area contributed by atoms with Crippen LogP contribution in [0.5, 0.6) is 0 Å². The van der Waals surface area contributed by atoms with E-state index in [0.29, 0.717) is 24.5 Å². The summed E-state index contributed by atoms with van der Waals surface area (Å²) >= 11 is 0. The highest BCUT2D eigenvalue weighted by molar-refractivity contribution is 5.76. The summed E-state index contributed by atoms with van der Waals surface area (Å²) in [6.07, 6.45) is 6.33. The van der Waals surface area contributed by atoms with Gasteiger partial charge in [-0.15, -0.1) is 0 Å².